The Labute approximate surface area is 117 Å². The predicted molar refractivity (Wildman–Crippen MR) is 79.2 cm³/mol. The molecule has 5 heteroatoms. The zero-order valence-electron chi connectivity index (χ0n) is 12.0. The molecule has 106 valence electrons. The molecule has 1 N–H and O–H groups in total. The van der Waals surface area contributed by atoms with Crippen LogP contribution in [0.4, 0.5) is 0 Å². The van der Waals surface area contributed by atoms with Crippen molar-refractivity contribution in [2.45, 2.75) is 33.6 Å². The highest BCUT2D eigenvalue weighted by atomic mass is 16.2. The summed E-state index contributed by atoms with van der Waals surface area (Å²) in [6.07, 6.45) is 2.60. The summed E-state index contributed by atoms with van der Waals surface area (Å²) < 4.78 is 1.26. The van der Waals surface area contributed by atoms with Crippen LogP contribution in [-0.4, -0.2) is 15.6 Å². The number of aromatic nitrogens is 2. The van der Waals surface area contributed by atoms with E-state index in [4.69, 9.17) is 0 Å². The summed E-state index contributed by atoms with van der Waals surface area (Å²) in [6.45, 7) is 5.83. The van der Waals surface area contributed by atoms with Gasteiger partial charge < -0.3 is 0 Å². The minimum Gasteiger partial charge on any atom is -0.273 e. The highest BCUT2D eigenvalue weighted by molar-refractivity contribution is 5.86. The first-order valence-electron chi connectivity index (χ1n) is 6.82. The van der Waals surface area contributed by atoms with Crippen LogP contribution in [-0.2, 0) is 11.2 Å². The molecular weight excluding hydrogens is 254 g/mol. The standard InChI is InChI=1S/C15H19N3O2/c1-4-11-9-12-6-5-7-16-14(12)18(15(11)20)17-13(19)8-10(2)3/h5-7,9-10H,4,8H2,1-3H3,(H,17,19). The predicted octanol–water partition coefficient (Wildman–Crippen LogP) is 2.08. The number of nitrogens with zero attached hydrogens (tertiary/aromatic N) is 2. The molecule has 0 aliphatic carbocycles. The van der Waals surface area contributed by atoms with Crippen LogP contribution < -0.4 is 11.0 Å². The van der Waals surface area contributed by atoms with E-state index < -0.39 is 0 Å². The summed E-state index contributed by atoms with van der Waals surface area (Å²) in [6, 6.07) is 5.52. The Hall–Kier alpha value is -2.17. The minimum absolute atomic E-state index is 0.178. The second-order valence-electron chi connectivity index (χ2n) is 5.21. The van der Waals surface area contributed by atoms with E-state index in [1.807, 2.05) is 39.0 Å². The summed E-state index contributed by atoms with van der Waals surface area (Å²) in [5, 5.41) is 0.841. The number of fused-ring (bicyclic) bond motifs is 1. The average molecular weight is 273 g/mol. The van der Waals surface area contributed by atoms with E-state index in [1.165, 1.54) is 4.68 Å². The van der Waals surface area contributed by atoms with Crippen molar-refractivity contribution in [3.8, 4) is 0 Å². The molecule has 0 radical (unpaired) electrons. The fourth-order valence-electron chi connectivity index (χ4n) is 2.10. The summed E-state index contributed by atoms with van der Waals surface area (Å²) in [7, 11) is 0. The molecule has 0 bridgehead atoms. The van der Waals surface area contributed by atoms with Gasteiger partial charge in [0.25, 0.3) is 5.56 Å². The SMILES string of the molecule is CCc1cc2cccnc2n(NC(=O)CC(C)C)c1=O. The van der Waals surface area contributed by atoms with Crippen LogP contribution in [0.25, 0.3) is 11.0 Å². The Balaban J connectivity index is 2.52. The van der Waals surface area contributed by atoms with Gasteiger partial charge in [0.15, 0.2) is 5.65 Å². The van der Waals surface area contributed by atoms with Gasteiger partial charge in [0.05, 0.1) is 0 Å². The Morgan fingerprint density at radius 3 is 2.85 bits per heavy atom. The second kappa shape index (κ2) is 5.86. The number of aryl methyl sites for hydroxylation is 1. The van der Waals surface area contributed by atoms with Crippen LogP contribution in [0.15, 0.2) is 29.2 Å². The molecule has 5 nitrogen and oxygen atoms in total. The molecule has 2 heterocycles. The summed E-state index contributed by atoms with van der Waals surface area (Å²) >= 11 is 0. The average Bonchev–Trinajstić information content (AvgIpc) is 2.40. The van der Waals surface area contributed by atoms with Gasteiger partial charge in [-0.2, -0.15) is 4.68 Å². The first-order chi connectivity index (χ1) is 9.52. The maximum Gasteiger partial charge on any atom is 0.274 e. The smallest absolute Gasteiger partial charge is 0.273 e. The van der Waals surface area contributed by atoms with Gasteiger partial charge >= 0.3 is 0 Å². The van der Waals surface area contributed by atoms with Gasteiger partial charge in [-0.15, -0.1) is 0 Å². The Bertz CT molecular complexity index is 689. The third kappa shape index (κ3) is 2.87. The van der Waals surface area contributed by atoms with Crippen molar-refractivity contribution in [1.82, 2.24) is 9.66 Å². The lowest BCUT2D eigenvalue weighted by atomic mass is 10.1. The zero-order chi connectivity index (χ0) is 14.7. The monoisotopic (exact) mass is 273 g/mol. The van der Waals surface area contributed by atoms with Crippen molar-refractivity contribution in [3.63, 3.8) is 0 Å². The zero-order valence-corrected chi connectivity index (χ0v) is 12.0. The third-order valence-electron chi connectivity index (χ3n) is 3.05. The van der Waals surface area contributed by atoms with Crippen LogP contribution in [0, 0.1) is 5.92 Å². The van der Waals surface area contributed by atoms with Gasteiger partial charge in [-0.25, -0.2) is 4.98 Å². The van der Waals surface area contributed by atoms with Crippen molar-refractivity contribution < 1.29 is 4.79 Å². The van der Waals surface area contributed by atoms with Crippen molar-refractivity contribution in [2.75, 3.05) is 5.43 Å². The quantitative estimate of drug-likeness (QED) is 0.927. The van der Waals surface area contributed by atoms with Gasteiger partial charge in [-0.1, -0.05) is 20.8 Å². The summed E-state index contributed by atoms with van der Waals surface area (Å²) in [4.78, 5) is 28.5. The van der Waals surface area contributed by atoms with Crippen LogP contribution in [0.5, 0.6) is 0 Å². The third-order valence-corrected chi connectivity index (χ3v) is 3.05. The van der Waals surface area contributed by atoms with Crippen LogP contribution in [0.2, 0.25) is 0 Å². The van der Waals surface area contributed by atoms with Gasteiger partial charge in [-0.05, 0) is 30.5 Å². The number of hydrogen-bond acceptors (Lipinski definition) is 3. The van der Waals surface area contributed by atoms with Gasteiger partial charge in [0.2, 0.25) is 5.91 Å². The second-order valence-corrected chi connectivity index (χ2v) is 5.21. The van der Waals surface area contributed by atoms with E-state index in [9.17, 15) is 9.59 Å². The molecule has 20 heavy (non-hydrogen) atoms. The first-order valence-corrected chi connectivity index (χ1v) is 6.82. The molecule has 0 atom stereocenters. The molecule has 0 aromatic carbocycles. The minimum atomic E-state index is -0.212. The first kappa shape index (κ1) is 14.2. The van der Waals surface area contributed by atoms with Crippen LogP contribution in [0.1, 0.15) is 32.8 Å². The van der Waals surface area contributed by atoms with E-state index in [-0.39, 0.29) is 17.4 Å². The van der Waals surface area contributed by atoms with Gasteiger partial charge in [0.1, 0.15) is 0 Å². The number of hydrogen-bond donors (Lipinski definition) is 1. The lowest BCUT2D eigenvalue weighted by Crippen LogP contribution is -2.35. The van der Waals surface area contributed by atoms with E-state index in [0.29, 0.717) is 24.1 Å². The summed E-state index contributed by atoms with van der Waals surface area (Å²) in [5.41, 5.74) is 3.59. The van der Waals surface area contributed by atoms with Crippen molar-refractivity contribution in [2.24, 2.45) is 5.92 Å². The number of rotatable bonds is 4. The Morgan fingerprint density at radius 2 is 2.20 bits per heavy atom. The fourth-order valence-corrected chi connectivity index (χ4v) is 2.10. The van der Waals surface area contributed by atoms with E-state index in [2.05, 4.69) is 10.4 Å². The highest BCUT2D eigenvalue weighted by Crippen LogP contribution is 2.10. The molecule has 0 saturated heterocycles. The molecule has 0 saturated carbocycles. The molecular formula is C15H19N3O2. The molecule has 0 unspecified atom stereocenters. The number of carbonyl (C=O) groups excluding carboxylic acids is 1. The molecule has 2 aromatic heterocycles. The van der Waals surface area contributed by atoms with E-state index in [1.54, 1.807) is 6.20 Å². The Morgan fingerprint density at radius 1 is 1.45 bits per heavy atom. The maximum absolute atomic E-state index is 12.3. The Kier molecular flexibility index (Phi) is 4.17. The van der Waals surface area contributed by atoms with Crippen molar-refractivity contribution in [3.05, 3.63) is 40.3 Å². The van der Waals surface area contributed by atoms with Gasteiger partial charge in [-0.3, -0.25) is 15.0 Å². The van der Waals surface area contributed by atoms with Crippen LogP contribution in [0.3, 0.4) is 0 Å². The number of carbonyl (C=O) groups is 1. The van der Waals surface area contributed by atoms with E-state index >= 15 is 0 Å². The topological polar surface area (TPSA) is 64.0 Å². The number of pyridine rings is 2. The summed E-state index contributed by atoms with van der Waals surface area (Å²) in [5.74, 6) is 0.0570. The highest BCUT2D eigenvalue weighted by Gasteiger charge is 2.12. The van der Waals surface area contributed by atoms with Crippen molar-refractivity contribution >= 4 is 16.9 Å². The fraction of sp³-hybridized carbons (Fsp3) is 0.400. The normalized spacial score (nSPS) is 11.0. The molecule has 2 rings (SSSR count). The maximum atomic E-state index is 12.3. The van der Waals surface area contributed by atoms with Crippen molar-refractivity contribution in [1.29, 1.82) is 0 Å². The largest absolute Gasteiger partial charge is 0.274 e. The molecule has 0 spiro atoms. The van der Waals surface area contributed by atoms with Gasteiger partial charge in [0, 0.05) is 23.6 Å². The molecule has 1 amide bonds. The molecule has 2 aromatic rings. The molecule has 0 aliphatic heterocycles. The number of amides is 1. The number of nitrogens with one attached hydrogen (secondary N) is 1. The van der Waals surface area contributed by atoms with Crippen LogP contribution >= 0.6 is 0 Å². The lowest BCUT2D eigenvalue weighted by Gasteiger charge is -2.13. The lowest BCUT2D eigenvalue weighted by molar-refractivity contribution is -0.117. The molecule has 0 fully saturated rings. The molecule has 0 aliphatic rings. The van der Waals surface area contributed by atoms with E-state index in [0.717, 1.165) is 5.39 Å².